The number of para-hydroxylation sites is 1. The van der Waals surface area contributed by atoms with Crippen LogP contribution in [0.5, 0.6) is 5.75 Å². The molecule has 2 N–H and O–H groups in total. The Morgan fingerprint density at radius 3 is 2.38 bits per heavy atom. The van der Waals surface area contributed by atoms with Crippen LogP contribution in [-0.4, -0.2) is 23.6 Å². The first-order valence-electron chi connectivity index (χ1n) is 7.09. The first kappa shape index (κ1) is 17.4. The highest BCUT2D eigenvalue weighted by Gasteiger charge is 2.18. The molecule has 1 atom stereocenters. The number of carbonyl (C=O) groups is 2. The average Bonchev–Trinajstić information content (AvgIpc) is 2.54. The van der Waals surface area contributed by atoms with Crippen LogP contribution in [0.25, 0.3) is 0 Å². The smallest absolute Gasteiger partial charge is 0.305 e. The maximum atomic E-state index is 13.4. The molecule has 0 spiro atoms. The van der Waals surface area contributed by atoms with Crippen molar-refractivity contribution < 1.29 is 28.2 Å². The van der Waals surface area contributed by atoms with E-state index in [-0.39, 0.29) is 12.2 Å². The summed E-state index contributed by atoms with van der Waals surface area (Å²) >= 11 is 0. The van der Waals surface area contributed by atoms with Crippen LogP contribution in [0.4, 0.5) is 8.78 Å². The molecule has 0 fully saturated rings. The van der Waals surface area contributed by atoms with E-state index < -0.39 is 36.2 Å². The van der Waals surface area contributed by atoms with Gasteiger partial charge in [0.05, 0.1) is 12.5 Å². The van der Waals surface area contributed by atoms with Crippen LogP contribution in [-0.2, 0) is 9.59 Å². The molecule has 1 amide bonds. The fourth-order valence-electron chi connectivity index (χ4n) is 2.06. The van der Waals surface area contributed by atoms with Gasteiger partial charge in [0, 0.05) is 0 Å². The molecule has 7 heteroatoms. The summed E-state index contributed by atoms with van der Waals surface area (Å²) < 4.78 is 31.4. The van der Waals surface area contributed by atoms with Crippen molar-refractivity contribution in [2.24, 2.45) is 0 Å². The van der Waals surface area contributed by atoms with E-state index in [1.54, 1.807) is 6.07 Å². The molecular weight excluding hydrogens is 320 g/mol. The second-order valence-corrected chi connectivity index (χ2v) is 4.99. The first-order valence-corrected chi connectivity index (χ1v) is 7.09. The number of hydrogen-bond donors (Lipinski definition) is 2. The lowest BCUT2D eigenvalue weighted by Gasteiger charge is -2.17. The minimum Gasteiger partial charge on any atom is -0.481 e. The Balaban J connectivity index is 2.00. The Hall–Kier alpha value is -2.96. The van der Waals surface area contributed by atoms with Crippen LogP contribution in [0.1, 0.15) is 18.0 Å². The Morgan fingerprint density at radius 2 is 1.75 bits per heavy atom. The number of rotatable bonds is 7. The Kier molecular flexibility index (Phi) is 5.83. The summed E-state index contributed by atoms with van der Waals surface area (Å²) in [5.41, 5.74) is 0.443. The van der Waals surface area contributed by atoms with Crippen LogP contribution in [0.3, 0.4) is 0 Å². The number of hydrogen-bond acceptors (Lipinski definition) is 3. The number of carbonyl (C=O) groups excluding carboxylic acids is 1. The number of carboxylic acids is 1. The summed E-state index contributed by atoms with van der Waals surface area (Å²) in [6, 6.07) is 9.89. The number of benzene rings is 2. The Morgan fingerprint density at radius 1 is 1.08 bits per heavy atom. The minimum absolute atomic E-state index is 0.0794. The number of aliphatic carboxylic acids is 1. The summed E-state index contributed by atoms with van der Waals surface area (Å²) in [6.07, 6.45) is -0.378. The van der Waals surface area contributed by atoms with E-state index >= 15 is 0 Å². The number of nitrogens with one attached hydrogen (secondary N) is 1. The maximum absolute atomic E-state index is 13.4. The molecule has 2 aromatic rings. The topological polar surface area (TPSA) is 75.6 Å². The normalized spacial score (nSPS) is 11.6. The zero-order chi connectivity index (χ0) is 17.5. The van der Waals surface area contributed by atoms with Crippen LogP contribution < -0.4 is 10.1 Å². The number of amides is 1. The third-order valence-corrected chi connectivity index (χ3v) is 3.18. The van der Waals surface area contributed by atoms with Gasteiger partial charge in [-0.2, -0.15) is 0 Å². The monoisotopic (exact) mass is 335 g/mol. The highest BCUT2D eigenvalue weighted by Crippen LogP contribution is 2.18. The van der Waals surface area contributed by atoms with Crippen molar-refractivity contribution in [3.8, 4) is 5.75 Å². The SMILES string of the molecule is O=C(O)C[C@H](NC(=O)COc1ccccc1F)c1ccc(F)cc1. The highest BCUT2D eigenvalue weighted by atomic mass is 19.1. The van der Waals surface area contributed by atoms with E-state index in [2.05, 4.69) is 5.32 Å². The summed E-state index contributed by atoms with van der Waals surface area (Å²) in [7, 11) is 0. The molecule has 0 aliphatic heterocycles. The van der Waals surface area contributed by atoms with Gasteiger partial charge in [0.25, 0.3) is 5.91 Å². The first-order chi connectivity index (χ1) is 11.5. The van der Waals surface area contributed by atoms with Gasteiger partial charge >= 0.3 is 5.97 Å². The fraction of sp³-hybridized carbons (Fsp3) is 0.176. The quantitative estimate of drug-likeness (QED) is 0.816. The van der Waals surface area contributed by atoms with E-state index in [0.717, 1.165) is 0 Å². The van der Waals surface area contributed by atoms with E-state index in [1.807, 2.05) is 0 Å². The molecule has 2 aromatic carbocycles. The molecular formula is C17H15F2NO4. The predicted octanol–water partition coefficient (Wildman–Crippen LogP) is 2.68. The molecule has 5 nitrogen and oxygen atoms in total. The van der Waals surface area contributed by atoms with Crippen molar-refractivity contribution in [2.45, 2.75) is 12.5 Å². The van der Waals surface area contributed by atoms with E-state index in [9.17, 15) is 18.4 Å². The van der Waals surface area contributed by atoms with Gasteiger partial charge in [0.2, 0.25) is 0 Å². The molecule has 0 bridgehead atoms. The van der Waals surface area contributed by atoms with Crippen molar-refractivity contribution >= 4 is 11.9 Å². The minimum atomic E-state index is -1.13. The van der Waals surface area contributed by atoms with Gasteiger partial charge in [-0.25, -0.2) is 8.78 Å². The third kappa shape index (κ3) is 5.05. The van der Waals surface area contributed by atoms with Crippen molar-refractivity contribution in [3.05, 3.63) is 65.7 Å². The van der Waals surface area contributed by atoms with Gasteiger partial charge in [-0.05, 0) is 29.8 Å². The van der Waals surface area contributed by atoms with Gasteiger partial charge in [-0.15, -0.1) is 0 Å². The summed E-state index contributed by atoms with van der Waals surface area (Å²) in [5.74, 6) is -2.90. The molecule has 0 heterocycles. The highest BCUT2D eigenvalue weighted by molar-refractivity contribution is 5.79. The molecule has 126 valence electrons. The molecule has 0 radical (unpaired) electrons. The van der Waals surface area contributed by atoms with Crippen molar-refractivity contribution in [1.29, 1.82) is 0 Å². The summed E-state index contributed by atoms with van der Waals surface area (Å²) in [6.45, 7) is -0.474. The average molecular weight is 335 g/mol. The van der Waals surface area contributed by atoms with Gasteiger partial charge in [0.1, 0.15) is 5.82 Å². The lowest BCUT2D eigenvalue weighted by atomic mass is 10.0. The Labute approximate surface area is 136 Å². The maximum Gasteiger partial charge on any atom is 0.305 e. The number of ether oxygens (including phenoxy) is 1. The molecule has 0 aliphatic rings. The van der Waals surface area contributed by atoms with Gasteiger partial charge < -0.3 is 15.2 Å². The molecule has 0 unspecified atom stereocenters. The van der Waals surface area contributed by atoms with Gasteiger partial charge in [0.15, 0.2) is 18.2 Å². The second kappa shape index (κ2) is 8.05. The third-order valence-electron chi connectivity index (χ3n) is 3.18. The van der Waals surface area contributed by atoms with Crippen LogP contribution in [0, 0.1) is 11.6 Å². The zero-order valence-electron chi connectivity index (χ0n) is 12.5. The number of carboxylic acid groups (broad SMARTS) is 1. The second-order valence-electron chi connectivity index (χ2n) is 4.99. The van der Waals surface area contributed by atoms with E-state index in [1.165, 1.54) is 42.5 Å². The molecule has 0 aromatic heterocycles. The van der Waals surface area contributed by atoms with Crippen molar-refractivity contribution in [2.75, 3.05) is 6.61 Å². The van der Waals surface area contributed by atoms with Gasteiger partial charge in [-0.1, -0.05) is 24.3 Å². The molecule has 0 saturated heterocycles. The summed E-state index contributed by atoms with van der Waals surface area (Å²) in [4.78, 5) is 22.9. The predicted molar refractivity (Wildman–Crippen MR) is 81.4 cm³/mol. The van der Waals surface area contributed by atoms with E-state index in [0.29, 0.717) is 5.56 Å². The molecule has 0 saturated carbocycles. The molecule has 2 rings (SSSR count). The van der Waals surface area contributed by atoms with Crippen molar-refractivity contribution in [3.63, 3.8) is 0 Å². The summed E-state index contributed by atoms with van der Waals surface area (Å²) in [5, 5.41) is 11.4. The van der Waals surface area contributed by atoms with Crippen molar-refractivity contribution in [1.82, 2.24) is 5.32 Å². The Bertz CT molecular complexity index is 719. The van der Waals surface area contributed by atoms with E-state index in [4.69, 9.17) is 9.84 Å². The fourth-order valence-corrected chi connectivity index (χ4v) is 2.06. The largest absolute Gasteiger partial charge is 0.481 e. The van der Waals surface area contributed by atoms with Crippen LogP contribution in [0.15, 0.2) is 48.5 Å². The van der Waals surface area contributed by atoms with Gasteiger partial charge in [-0.3, -0.25) is 9.59 Å². The zero-order valence-corrected chi connectivity index (χ0v) is 12.5. The van der Waals surface area contributed by atoms with Crippen LogP contribution in [0.2, 0.25) is 0 Å². The standard InChI is InChI=1S/C17H15F2NO4/c18-12-7-5-11(6-8-12)14(9-17(22)23)20-16(21)10-24-15-4-2-1-3-13(15)19/h1-8,14H,9-10H2,(H,20,21)(H,22,23)/t14-/m0/s1. The number of halogens is 2. The lowest BCUT2D eigenvalue weighted by Crippen LogP contribution is -2.34. The molecule has 0 aliphatic carbocycles. The lowest BCUT2D eigenvalue weighted by molar-refractivity contribution is -0.137. The molecule has 24 heavy (non-hydrogen) atoms. The van der Waals surface area contributed by atoms with Crippen LogP contribution >= 0.6 is 0 Å².